The van der Waals surface area contributed by atoms with Crippen molar-refractivity contribution in [3.63, 3.8) is 0 Å². The van der Waals surface area contributed by atoms with E-state index in [0.717, 1.165) is 87.7 Å². The van der Waals surface area contributed by atoms with Crippen LogP contribution in [0.1, 0.15) is 89.5 Å². The number of nitrogens with zero attached hydrogens (tertiary/aromatic N) is 4. The molecule has 0 aliphatic carbocycles. The summed E-state index contributed by atoms with van der Waals surface area (Å²) in [6, 6.07) is 67.4. The van der Waals surface area contributed by atoms with E-state index in [1.807, 2.05) is 0 Å². The Hall–Kier alpha value is -6.26. The third kappa shape index (κ3) is 12.9. The summed E-state index contributed by atoms with van der Waals surface area (Å²) in [4.78, 5) is 0. The van der Waals surface area contributed by atoms with Gasteiger partial charge >= 0.3 is 0 Å². The van der Waals surface area contributed by atoms with Crippen molar-refractivity contribution in [2.24, 2.45) is 0 Å². The maximum atomic E-state index is 5.32. The number of benzene rings is 8. The Morgan fingerprint density at radius 2 is 0.724 bits per heavy atom. The normalized spacial score (nSPS) is 13.4. The minimum atomic E-state index is 0. The molecule has 0 spiro atoms. The summed E-state index contributed by atoms with van der Waals surface area (Å²) < 4.78 is 10.6. The van der Waals surface area contributed by atoms with Gasteiger partial charge in [0, 0.05) is 67.8 Å². The number of fused-ring (bicyclic) bond motifs is 2. The van der Waals surface area contributed by atoms with Crippen molar-refractivity contribution in [3.8, 4) is 11.1 Å². The Morgan fingerprint density at radius 3 is 1.14 bits per heavy atom. The summed E-state index contributed by atoms with van der Waals surface area (Å²) in [5.74, 6) is 2.96. The van der Waals surface area contributed by atoms with Crippen LogP contribution in [-0.4, -0.2) is 46.8 Å². The molecule has 4 heterocycles. The van der Waals surface area contributed by atoms with Gasteiger partial charge in [0.2, 0.25) is 0 Å². The third-order valence-electron chi connectivity index (χ3n) is 14.8. The van der Waals surface area contributed by atoms with Crippen molar-refractivity contribution in [2.45, 2.75) is 65.2 Å². The molecule has 2 aromatic heterocycles. The van der Waals surface area contributed by atoms with Gasteiger partial charge in [-0.15, -0.1) is 12.8 Å². The molecule has 0 atom stereocenters. The van der Waals surface area contributed by atoms with Crippen LogP contribution in [0.4, 0.5) is 0 Å². The smallest absolute Gasteiger partial charge is 0.0675 e. The van der Waals surface area contributed by atoms with E-state index >= 15 is 0 Å². The molecule has 0 amide bonds. The van der Waals surface area contributed by atoms with Crippen LogP contribution in [0.3, 0.4) is 0 Å². The van der Waals surface area contributed by atoms with Crippen LogP contribution in [-0.2, 0) is 103 Å². The van der Waals surface area contributed by atoms with Crippen molar-refractivity contribution in [1.82, 2.24) is 20.4 Å². The van der Waals surface area contributed by atoms with Gasteiger partial charge in [-0.05, 0) is 128 Å². The maximum Gasteiger partial charge on any atom is 0.0675 e. The summed E-state index contributed by atoms with van der Waals surface area (Å²) in [5.41, 5.74) is 21.6. The monoisotopic (exact) mass is 1330 g/mol. The van der Waals surface area contributed by atoms with Crippen LogP contribution in [0, 0.1) is 25.7 Å². The molecule has 8 heteroatoms. The molecule has 2 aliphatic heterocycles. The maximum absolute atomic E-state index is 5.32. The molecule has 378 valence electrons. The number of rotatable bonds is 17. The van der Waals surface area contributed by atoms with Crippen molar-refractivity contribution >= 4 is 21.5 Å². The van der Waals surface area contributed by atoms with Gasteiger partial charge in [-0.1, -0.05) is 206 Å². The van der Waals surface area contributed by atoms with E-state index in [2.05, 4.69) is 196 Å². The molecule has 0 N–H and O–H groups in total. The molecule has 12 rings (SSSR count). The molecule has 0 unspecified atom stereocenters. The van der Waals surface area contributed by atoms with Crippen LogP contribution in [0.15, 0.2) is 182 Å². The van der Waals surface area contributed by atoms with Crippen LogP contribution in [0.25, 0.3) is 32.7 Å². The summed E-state index contributed by atoms with van der Waals surface area (Å²) in [6.45, 7) is 7.58. The minimum Gasteiger partial charge on any atom is -0.444 e. The topological polar surface area (TPSA) is 70.0 Å². The van der Waals surface area contributed by atoms with E-state index in [4.69, 9.17) is 29.9 Å². The molecule has 0 saturated carbocycles. The molecule has 8 aromatic carbocycles. The zero-order valence-electron chi connectivity index (χ0n) is 43.2. The molecule has 6 nitrogen and oxygen atoms in total. The van der Waals surface area contributed by atoms with Gasteiger partial charge in [0.15, 0.2) is 0 Å². The second-order valence-corrected chi connectivity index (χ2v) is 20.9. The molecule has 2 saturated heterocycles. The average molecular weight is 1330 g/mol. The van der Waals surface area contributed by atoms with Gasteiger partial charge in [0.1, 0.15) is 0 Å². The summed E-state index contributed by atoms with van der Waals surface area (Å²) in [5, 5.41) is 24.1. The van der Waals surface area contributed by atoms with E-state index in [1.54, 1.807) is 0 Å². The predicted octanol–water partition coefficient (Wildman–Crippen LogP) is 13.7. The number of hydrogen-bond acceptors (Lipinski definition) is 6. The van der Waals surface area contributed by atoms with Gasteiger partial charge in [-0.25, -0.2) is 0 Å². The molecular formula is C68H60N4O2W2-2. The van der Waals surface area contributed by atoms with E-state index in [-0.39, 0.29) is 42.1 Å². The largest absolute Gasteiger partial charge is 0.444 e. The summed E-state index contributed by atoms with van der Waals surface area (Å²) in [6.07, 6.45) is 6.69. The van der Waals surface area contributed by atoms with Gasteiger partial charge in [0.05, 0.1) is 22.8 Å². The number of aryl methyl sites for hydroxylation is 2. The Labute approximate surface area is 476 Å². The number of aromatic nitrogens is 4. The minimum absolute atomic E-state index is 0. The first-order valence-corrected chi connectivity index (χ1v) is 26.2. The Morgan fingerprint density at radius 1 is 0.342 bits per heavy atom. The second kappa shape index (κ2) is 24.4. The fourth-order valence-corrected chi connectivity index (χ4v) is 10.6. The van der Waals surface area contributed by atoms with Crippen LogP contribution in [0.2, 0.25) is 0 Å². The molecule has 0 radical (unpaired) electrons. The third-order valence-corrected chi connectivity index (χ3v) is 14.8. The van der Waals surface area contributed by atoms with Crippen LogP contribution >= 0.6 is 0 Å². The Kier molecular flexibility index (Phi) is 17.0. The molecule has 10 aromatic rings. The molecule has 76 heavy (non-hydrogen) atoms. The van der Waals surface area contributed by atoms with Crippen LogP contribution < -0.4 is 0 Å². The van der Waals surface area contributed by atoms with E-state index in [9.17, 15) is 0 Å². The van der Waals surface area contributed by atoms with E-state index < -0.39 is 0 Å². The molecule has 0 bridgehead atoms. The van der Waals surface area contributed by atoms with Gasteiger partial charge < -0.3 is 9.47 Å². The van der Waals surface area contributed by atoms with E-state index in [1.165, 1.54) is 111 Å². The van der Waals surface area contributed by atoms with Gasteiger partial charge in [-0.2, -0.15) is 20.4 Å². The van der Waals surface area contributed by atoms with Gasteiger partial charge in [-0.3, -0.25) is 11.8 Å². The fourth-order valence-electron chi connectivity index (χ4n) is 10.6. The number of ether oxygens (including phenoxy) is 2. The zero-order chi connectivity index (χ0) is 49.8. The van der Waals surface area contributed by atoms with Crippen molar-refractivity contribution in [2.75, 3.05) is 26.4 Å². The van der Waals surface area contributed by atoms with Crippen molar-refractivity contribution < 1.29 is 51.6 Å². The summed E-state index contributed by atoms with van der Waals surface area (Å²) in [7, 11) is 0. The van der Waals surface area contributed by atoms with Crippen LogP contribution in [0.5, 0.6) is 0 Å². The average Bonchev–Trinajstić information content (AvgIpc) is 3.40. The van der Waals surface area contributed by atoms with Gasteiger partial charge in [0.25, 0.3) is 0 Å². The number of hydrogen-bond donors (Lipinski definition) is 0. The SMILES string of the molecule is Cc1ccc2c(-c3c(Cc4ccc(Cc5ccc(Cc6ccc(C[C-]7COC7)cc6)cc5)nn4)ccc4cc(C)ccc34)cc(Cc3ccc(Cc4ccc(Cc5ccc(C[C-]6COC6)cc5)cc4)nn3)cc2c1.[W].[W]. The first kappa shape index (κ1) is 53.1. The first-order valence-electron chi connectivity index (χ1n) is 26.2. The zero-order valence-corrected chi connectivity index (χ0v) is 49.1. The summed E-state index contributed by atoms with van der Waals surface area (Å²) >= 11 is 0. The predicted molar refractivity (Wildman–Crippen MR) is 299 cm³/mol. The molecular weight excluding hydrogens is 1270 g/mol. The quantitative estimate of drug-likeness (QED) is 0.0846. The standard InChI is InChI=1S/C68H60N4O2.2W/c1-45-4-28-66-58(29-45)21-22-59(40-64-26-25-62(70-72-64)37-54-19-15-50(16-20-54)32-48-7-11-52(12-8-48)34-57-43-74-44-57)68(66)67-39-55(35-60-30-46(2)3-27-65(60)67)38-63-24-23-61(69-71-63)36-53-17-13-49(14-18-53)31-47-5-9-51(10-6-47)33-56-41-73-42-56;;/h3-30,35,39H,31-34,36-38,40-44H2,1-2H3;;/q-2;;. The fraction of sp³-hybridized carbons (Fsp3) is 0.206. The Balaban J connectivity index is 0.00000328. The molecule has 2 fully saturated rings. The van der Waals surface area contributed by atoms with Crippen molar-refractivity contribution in [1.29, 1.82) is 0 Å². The first-order chi connectivity index (χ1) is 36.3. The molecule has 2 aliphatic rings. The second-order valence-electron chi connectivity index (χ2n) is 20.9. The van der Waals surface area contributed by atoms with Crippen molar-refractivity contribution in [3.05, 3.63) is 283 Å². The van der Waals surface area contributed by atoms with E-state index in [0.29, 0.717) is 12.8 Å². The Bertz CT molecular complexity index is 3560.